The Morgan fingerprint density at radius 2 is 2.35 bits per heavy atom. The molecule has 0 radical (unpaired) electrons. The van der Waals surface area contributed by atoms with Crippen molar-refractivity contribution in [2.45, 2.75) is 45.1 Å². The first-order chi connectivity index (χ1) is 8.10. The molecule has 4 nitrogen and oxygen atoms in total. The van der Waals surface area contributed by atoms with Crippen LogP contribution >= 0.6 is 0 Å². The van der Waals surface area contributed by atoms with E-state index in [1.54, 1.807) is 12.5 Å². The lowest BCUT2D eigenvalue weighted by Crippen LogP contribution is -2.44. The van der Waals surface area contributed by atoms with E-state index in [4.69, 9.17) is 0 Å². The fourth-order valence-electron chi connectivity index (χ4n) is 2.68. The maximum absolute atomic E-state index is 11.5. The summed E-state index contributed by atoms with van der Waals surface area (Å²) in [5.74, 6) is 0.731. The molecule has 1 atom stereocenters. The van der Waals surface area contributed by atoms with Gasteiger partial charge in [0.15, 0.2) is 0 Å². The maximum Gasteiger partial charge on any atom is 0.220 e. The van der Waals surface area contributed by atoms with Crippen LogP contribution in [0.4, 0.5) is 0 Å². The highest BCUT2D eigenvalue weighted by molar-refractivity contribution is 5.79. The second-order valence-corrected chi connectivity index (χ2v) is 5.30. The number of nitrogens with one attached hydrogen (secondary N) is 1. The van der Waals surface area contributed by atoms with Crippen molar-refractivity contribution in [2.75, 3.05) is 0 Å². The standard InChI is InChI=1S/C13H19N3O/c1-10(2)7-13(5-3-12(17)16-13)8-11-4-6-14-9-15-11/h4,6,9-10H,3,5,7-8H2,1-2H3,(H,16,17). The van der Waals surface area contributed by atoms with Gasteiger partial charge >= 0.3 is 0 Å². The van der Waals surface area contributed by atoms with Gasteiger partial charge in [-0.2, -0.15) is 0 Å². The van der Waals surface area contributed by atoms with Gasteiger partial charge in [0.05, 0.1) is 0 Å². The van der Waals surface area contributed by atoms with Gasteiger partial charge < -0.3 is 5.32 Å². The lowest BCUT2D eigenvalue weighted by atomic mass is 9.83. The number of amides is 1. The predicted molar refractivity (Wildman–Crippen MR) is 65.3 cm³/mol. The number of hydrogen-bond acceptors (Lipinski definition) is 3. The molecule has 1 saturated heterocycles. The number of aromatic nitrogens is 2. The van der Waals surface area contributed by atoms with Gasteiger partial charge in [0, 0.05) is 30.3 Å². The summed E-state index contributed by atoms with van der Waals surface area (Å²) < 4.78 is 0. The fourth-order valence-corrected chi connectivity index (χ4v) is 2.68. The summed E-state index contributed by atoms with van der Waals surface area (Å²) in [4.78, 5) is 19.7. The van der Waals surface area contributed by atoms with Gasteiger partial charge in [-0.15, -0.1) is 0 Å². The van der Waals surface area contributed by atoms with E-state index in [9.17, 15) is 4.79 Å². The van der Waals surface area contributed by atoms with E-state index in [1.165, 1.54) is 0 Å². The van der Waals surface area contributed by atoms with Crippen LogP contribution in [-0.4, -0.2) is 21.4 Å². The molecular formula is C13H19N3O. The Morgan fingerprint density at radius 1 is 1.53 bits per heavy atom. The first-order valence-corrected chi connectivity index (χ1v) is 6.16. The molecule has 1 aliphatic rings. The Balaban J connectivity index is 2.14. The number of nitrogens with zero attached hydrogens (tertiary/aromatic N) is 2. The van der Waals surface area contributed by atoms with Gasteiger partial charge in [-0.3, -0.25) is 4.79 Å². The van der Waals surface area contributed by atoms with Crippen LogP contribution in [-0.2, 0) is 11.2 Å². The van der Waals surface area contributed by atoms with Gasteiger partial charge in [0.25, 0.3) is 0 Å². The predicted octanol–water partition coefficient (Wildman–Crippen LogP) is 1.71. The minimum absolute atomic E-state index is 0.0976. The van der Waals surface area contributed by atoms with Crippen molar-refractivity contribution < 1.29 is 4.79 Å². The largest absolute Gasteiger partial charge is 0.350 e. The molecule has 4 heteroatoms. The number of hydrogen-bond donors (Lipinski definition) is 1. The molecule has 0 aliphatic carbocycles. The van der Waals surface area contributed by atoms with Crippen LogP contribution in [0.2, 0.25) is 0 Å². The zero-order valence-corrected chi connectivity index (χ0v) is 10.4. The summed E-state index contributed by atoms with van der Waals surface area (Å²) in [6, 6.07) is 1.92. The first kappa shape index (κ1) is 12.0. The molecule has 1 unspecified atom stereocenters. The monoisotopic (exact) mass is 233 g/mol. The molecule has 2 heterocycles. The third-order valence-corrected chi connectivity index (χ3v) is 3.20. The molecule has 2 rings (SSSR count). The summed E-state index contributed by atoms with van der Waals surface area (Å²) in [6.07, 6.45) is 6.67. The number of carbonyl (C=O) groups is 1. The summed E-state index contributed by atoms with van der Waals surface area (Å²) in [5, 5.41) is 3.15. The van der Waals surface area contributed by atoms with E-state index >= 15 is 0 Å². The van der Waals surface area contributed by atoms with Crippen molar-refractivity contribution >= 4 is 5.91 Å². The third kappa shape index (κ3) is 3.02. The highest BCUT2D eigenvalue weighted by Gasteiger charge is 2.38. The number of carbonyl (C=O) groups excluding carboxylic acids is 1. The second kappa shape index (κ2) is 4.82. The van der Waals surface area contributed by atoms with Crippen LogP contribution < -0.4 is 5.32 Å². The molecule has 92 valence electrons. The van der Waals surface area contributed by atoms with E-state index in [0.29, 0.717) is 12.3 Å². The number of rotatable bonds is 4. The smallest absolute Gasteiger partial charge is 0.220 e. The Labute approximate surface area is 102 Å². The van der Waals surface area contributed by atoms with Gasteiger partial charge in [0.1, 0.15) is 6.33 Å². The first-order valence-electron chi connectivity index (χ1n) is 6.16. The van der Waals surface area contributed by atoms with Crippen molar-refractivity contribution in [1.82, 2.24) is 15.3 Å². The van der Waals surface area contributed by atoms with Crippen LogP contribution in [0.25, 0.3) is 0 Å². The Morgan fingerprint density at radius 3 is 2.88 bits per heavy atom. The minimum atomic E-state index is -0.0976. The van der Waals surface area contributed by atoms with Crippen LogP contribution in [0, 0.1) is 5.92 Å². The molecule has 0 saturated carbocycles. The molecule has 17 heavy (non-hydrogen) atoms. The highest BCUT2D eigenvalue weighted by Crippen LogP contribution is 2.30. The topological polar surface area (TPSA) is 54.9 Å². The van der Waals surface area contributed by atoms with Gasteiger partial charge in [-0.25, -0.2) is 9.97 Å². The molecule has 0 bridgehead atoms. The van der Waals surface area contributed by atoms with Crippen LogP contribution in [0.3, 0.4) is 0 Å². The zero-order valence-electron chi connectivity index (χ0n) is 10.4. The summed E-state index contributed by atoms with van der Waals surface area (Å²) in [7, 11) is 0. The summed E-state index contributed by atoms with van der Waals surface area (Å²) in [5.41, 5.74) is 0.905. The zero-order chi connectivity index (χ0) is 12.3. The van der Waals surface area contributed by atoms with Crippen LogP contribution in [0.5, 0.6) is 0 Å². The van der Waals surface area contributed by atoms with Gasteiger partial charge in [-0.05, 0) is 24.8 Å². The molecule has 1 fully saturated rings. The van der Waals surface area contributed by atoms with Crippen molar-refractivity contribution in [2.24, 2.45) is 5.92 Å². The molecular weight excluding hydrogens is 214 g/mol. The Bertz CT molecular complexity index is 391. The van der Waals surface area contributed by atoms with Crippen molar-refractivity contribution in [3.05, 3.63) is 24.3 Å². The molecule has 1 aromatic rings. The van der Waals surface area contributed by atoms with Crippen molar-refractivity contribution in [1.29, 1.82) is 0 Å². The van der Waals surface area contributed by atoms with Crippen molar-refractivity contribution in [3.8, 4) is 0 Å². The normalized spacial score (nSPS) is 24.1. The molecule has 1 amide bonds. The van der Waals surface area contributed by atoms with Gasteiger partial charge in [0.2, 0.25) is 5.91 Å². The van der Waals surface area contributed by atoms with E-state index in [2.05, 4.69) is 29.1 Å². The maximum atomic E-state index is 11.5. The SMILES string of the molecule is CC(C)CC1(Cc2ccncn2)CCC(=O)N1. The minimum Gasteiger partial charge on any atom is -0.350 e. The Hall–Kier alpha value is -1.45. The van der Waals surface area contributed by atoms with E-state index in [1.807, 2.05) is 6.07 Å². The molecule has 0 aromatic carbocycles. The highest BCUT2D eigenvalue weighted by atomic mass is 16.2. The Kier molecular flexibility index (Phi) is 3.41. The van der Waals surface area contributed by atoms with Gasteiger partial charge in [-0.1, -0.05) is 13.8 Å². The van der Waals surface area contributed by atoms with Crippen LogP contribution in [0.1, 0.15) is 38.8 Å². The van der Waals surface area contributed by atoms with E-state index < -0.39 is 0 Å². The van der Waals surface area contributed by atoms with E-state index in [0.717, 1.165) is 25.0 Å². The second-order valence-electron chi connectivity index (χ2n) is 5.30. The summed E-state index contributed by atoms with van der Waals surface area (Å²) in [6.45, 7) is 4.37. The fraction of sp³-hybridized carbons (Fsp3) is 0.615. The third-order valence-electron chi connectivity index (χ3n) is 3.20. The van der Waals surface area contributed by atoms with E-state index in [-0.39, 0.29) is 11.4 Å². The molecule has 1 aromatic heterocycles. The average molecular weight is 233 g/mol. The molecule has 1 aliphatic heterocycles. The summed E-state index contributed by atoms with van der Waals surface area (Å²) >= 11 is 0. The van der Waals surface area contributed by atoms with Crippen molar-refractivity contribution in [3.63, 3.8) is 0 Å². The lowest BCUT2D eigenvalue weighted by molar-refractivity contribution is -0.119. The average Bonchev–Trinajstić information content (AvgIpc) is 2.60. The quantitative estimate of drug-likeness (QED) is 0.861. The van der Waals surface area contributed by atoms with Crippen LogP contribution in [0.15, 0.2) is 18.6 Å². The molecule has 1 N–H and O–H groups in total. The lowest BCUT2D eigenvalue weighted by Gasteiger charge is -2.30. The molecule has 0 spiro atoms.